The minimum atomic E-state index is -0.147. The number of nitrogens with one attached hydrogen (secondary N) is 1. The van der Waals surface area contributed by atoms with Crippen molar-refractivity contribution in [1.29, 1.82) is 0 Å². The van der Waals surface area contributed by atoms with Crippen molar-refractivity contribution in [3.8, 4) is 0 Å². The van der Waals surface area contributed by atoms with E-state index in [4.69, 9.17) is 0 Å². The summed E-state index contributed by atoms with van der Waals surface area (Å²) in [5.41, 5.74) is 0. The van der Waals surface area contributed by atoms with E-state index in [9.17, 15) is 4.79 Å². The second-order valence-electron chi connectivity index (χ2n) is 5.81. The van der Waals surface area contributed by atoms with E-state index in [-0.39, 0.29) is 11.2 Å². The molecule has 0 radical (unpaired) electrons. The Balaban J connectivity index is 1.80. The minimum Gasteiger partial charge on any atom is -0.358 e. The lowest BCUT2D eigenvalue weighted by molar-refractivity contribution is -0.119. The van der Waals surface area contributed by atoms with Gasteiger partial charge in [0.1, 0.15) is 0 Å². The quantitative estimate of drug-likeness (QED) is 0.841. The second kappa shape index (κ2) is 6.25. The summed E-state index contributed by atoms with van der Waals surface area (Å²) < 4.78 is 2.26. The van der Waals surface area contributed by atoms with Crippen molar-refractivity contribution in [1.82, 2.24) is 20.1 Å². The highest BCUT2D eigenvalue weighted by Crippen LogP contribution is 2.41. The van der Waals surface area contributed by atoms with Crippen molar-refractivity contribution >= 4 is 23.6 Å². The zero-order valence-electron chi connectivity index (χ0n) is 12.7. The van der Waals surface area contributed by atoms with Gasteiger partial charge >= 0.3 is 0 Å². The first kappa shape index (κ1) is 14.7. The first-order valence-corrected chi connectivity index (χ1v) is 8.66. The molecule has 1 amide bonds. The fourth-order valence-electron chi connectivity index (χ4n) is 2.73. The molecule has 1 atom stereocenters. The molecule has 1 N–H and O–H groups in total. The van der Waals surface area contributed by atoms with Crippen LogP contribution >= 0.6 is 11.8 Å². The third-order valence-electron chi connectivity index (χ3n) is 4.10. The van der Waals surface area contributed by atoms with Gasteiger partial charge in [-0.25, -0.2) is 0 Å². The van der Waals surface area contributed by atoms with Gasteiger partial charge in [-0.2, -0.15) is 0 Å². The summed E-state index contributed by atoms with van der Waals surface area (Å²) >= 11 is 1.51. The lowest BCUT2D eigenvalue weighted by Gasteiger charge is -2.28. The van der Waals surface area contributed by atoms with Gasteiger partial charge in [-0.1, -0.05) is 11.8 Å². The maximum atomic E-state index is 11.7. The fourth-order valence-corrected chi connectivity index (χ4v) is 3.70. The zero-order valence-corrected chi connectivity index (χ0v) is 13.5. The zero-order chi connectivity index (χ0) is 14.8. The third kappa shape index (κ3) is 3.17. The molecule has 21 heavy (non-hydrogen) atoms. The summed E-state index contributed by atoms with van der Waals surface area (Å²) in [6.45, 7) is 4.05. The third-order valence-corrected chi connectivity index (χ3v) is 5.15. The molecule has 7 heteroatoms. The lowest BCUT2D eigenvalue weighted by atomic mass is 10.1. The van der Waals surface area contributed by atoms with Crippen LogP contribution in [-0.4, -0.2) is 46.1 Å². The van der Waals surface area contributed by atoms with Crippen LogP contribution in [0.4, 0.5) is 5.95 Å². The SMILES string of the molecule is CNC(=O)C(C)Sc1nnc(N2CCCCC2)n1C1CC1. The maximum Gasteiger partial charge on any atom is 0.233 e. The Hall–Kier alpha value is -1.24. The molecule has 0 spiro atoms. The number of rotatable bonds is 5. The van der Waals surface area contributed by atoms with Crippen LogP contribution in [0.25, 0.3) is 0 Å². The normalized spacial score (nSPS) is 20.4. The number of piperidine rings is 1. The Morgan fingerprint density at radius 3 is 2.62 bits per heavy atom. The summed E-state index contributed by atoms with van der Waals surface area (Å²) in [5, 5.41) is 12.2. The van der Waals surface area contributed by atoms with Crippen LogP contribution in [0.15, 0.2) is 5.16 Å². The van der Waals surface area contributed by atoms with E-state index in [1.54, 1.807) is 7.05 Å². The number of amides is 1. The van der Waals surface area contributed by atoms with Gasteiger partial charge in [0.05, 0.1) is 5.25 Å². The van der Waals surface area contributed by atoms with E-state index in [1.165, 1.54) is 43.9 Å². The van der Waals surface area contributed by atoms with Crippen molar-refractivity contribution in [3.63, 3.8) is 0 Å². The smallest absolute Gasteiger partial charge is 0.233 e. The Labute approximate surface area is 129 Å². The Bertz CT molecular complexity index is 507. The van der Waals surface area contributed by atoms with Crippen LogP contribution in [0.5, 0.6) is 0 Å². The highest BCUT2D eigenvalue weighted by molar-refractivity contribution is 8.00. The van der Waals surface area contributed by atoms with Gasteiger partial charge in [0.25, 0.3) is 0 Å². The molecule has 116 valence electrons. The van der Waals surface area contributed by atoms with Crippen LogP contribution in [0, 0.1) is 0 Å². The van der Waals surface area contributed by atoms with Gasteiger partial charge in [-0.15, -0.1) is 10.2 Å². The number of nitrogens with zero attached hydrogens (tertiary/aromatic N) is 4. The molecule has 2 aliphatic rings. The maximum absolute atomic E-state index is 11.7. The van der Waals surface area contributed by atoms with Crippen molar-refractivity contribution < 1.29 is 4.79 Å². The van der Waals surface area contributed by atoms with Gasteiger partial charge in [0.2, 0.25) is 11.9 Å². The molecule has 1 aromatic rings. The summed E-state index contributed by atoms with van der Waals surface area (Å²) in [5.74, 6) is 1.04. The Kier molecular flexibility index (Phi) is 4.37. The standard InChI is InChI=1S/C14H23N5OS/c1-10(12(20)15-2)21-14-17-16-13(19(14)11-6-7-11)18-8-4-3-5-9-18/h10-11H,3-9H2,1-2H3,(H,15,20). The van der Waals surface area contributed by atoms with E-state index in [2.05, 4.69) is 25.0 Å². The van der Waals surface area contributed by atoms with E-state index < -0.39 is 0 Å². The van der Waals surface area contributed by atoms with E-state index >= 15 is 0 Å². The average Bonchev–Trinajstić information content (AvgIpc) is 3.28. The molecule has 1 saturated carbocycles. The Morgan fingerprint density at radius 1 is 1.29 bits per heavy atom. The van der Waals surface area contributed by atoms with Crippen molar-refractivity contribution in [2.75, 3.05) is 25.0 Å². The highest BCUT2D eigenvalue weighted by atomic mass is 32.2. The Morgan fingerprint density at radius 2 is 2.00 bits per heavy atom. The summed E-state index contributed by atoms with van der Waals surface area (Å²) in [7, 11) is 1.67. The molecule has 0 aromatic carbocycles. The predicted octanol–water partition coefficient (Wildman–Crippen LogP) is 1.83. The van der Waals surface area contributed by atoms with Crippen LogP contribution in [0.3, 0.4) is 0 Å². The van der Waals surface area contributed by atoms with Gasteiger partial charge < -0.3 is 10.2 Å². The number of aromatic nitrogens is 3. The molecule has 3 rings (SSSR count). The molecule has 1 unspecified atom stereocenters. The first-order chi connectivity index (χ1) is 10.2. The molecule has 1 aliphatic carbocycles. The number of anilines is 1. The fraction of sp³-hybridized carbons (Fsp3) is 0.786. The number of carbonyl (C=O) groups excluding carboxylic acids is 1. The van der Waals surface area contributed by atoms with E-state index in [0.29, 0.717) is 6.04 Å². The average molecular weight is 309 g/mol. The van der Waals surface area contributed by atoms with Gasteiger partial charge in [-0.05, 0) is 39.0 Å². The first-order valence-electron chi connectivity index (χ1n) is 7.79. The minimum absolute atomic E-state index is 0.0323. The number of carbonyl (C=O) groups is 1. The predicted molar refractivity (Wildman–Crippen MR) is 83.7 cm³/mol. The van der Waals surface area contributed by atoms with Crippen LogP contribution in [0.2, 0.25) is 0 Å². The van der Waals surface area contributed by atoms with Gasteiger partial charge in [0, 0.05) is 26.2 Å². The molecule has 1 aliphatic heterocycles. The highest BCUT2D eigenvalue weighted by Gasteiger charge is 2.33. The topological polar surface area (TPSA) is 63.1 Å². The number of thioether (sulfide) groups is 1. The molecule has 0 bridgehead atoms. The van der Waals surface area contributed by atoms with E-state index in [0.717, 1.165) is 24.2 Å². The molecule has 6 nitrogen and oxygen atoms in total. The van der Waals surface area contributed by atoms with Crippen molar-refractivity contribution in [2.24, 2.45) is 0 Å². The summed E-state index contributed by atoms with van der Waals surface area (Å²) in [6.07, 6.45) is 6.16. The lowest BCUT2D eigenvalue weighted by Crippen LogP contribution is -2.32. The summed E-state index contributed by atoms with van der Waals surface area (Å²) in [4.78, 5) is 14.1. The molecular weight excluding hydrogens is 286 g/mol. The van der Waals surface area contributed by atoms with E-state index in [1.807, 2.05) is 6.92 Å². The van der Waals surface area contributed by atoms with Crippen molar-refractivity contribution in [2.45, 2.75) is 55.5 Å². The summed E-state index contributed by atoms with van der Waals surface area (Å²) in [6, 6.07) is 0.524. The van der Waals surface area contributed by atoms with Crippen LogP contribution in [0.1, 0.15) is 45.1 Å². The molecule has 1 aromatic heterocycles. The van der Waals surface area contributed by atoms with Crippen LogP contribution in [-0.2, 0) is 4.79 Å². The number of hydrogen-bond acceptors (Lipinski definition) is 5. The molecule has 2 heterocycles. The van der Waals surface area contributed by atoms with Crippen molar-refractivity contribution in [3.05, 3.63) is 0 Å². The number of hydrogen-bond donors (Lipinski definition) is 1. The second-order valence-corrected chi connectivity index (χ2v) is 7.11. The molecular formula is C14H23N5OS. The monoisotopic (exact) mass is 309 g/mol. The molecule has 2 fully saturated rings. The van der Waals surface area contributed by atoms with Crippen LogP contribution < -0.4 is 10.2 Å². The van der Waals surface area contributed by atoms with Gasteiger partial charge in [-0.3, -0.25) is 9.36 Å². The van der Waals surface area contributed by atoms with Gasteiger partial charge in [0.15, 0.2) is 5.16 Å². The molecule has 1 saturated heterocycles. The largest absolute Gasteiger partial charge is 0.358 e.